The highest BCUT2D eigenvalue weighted by molar-refractivity contribution is 5.95. The van der Waals surface area contributed by atoms with E-state index in [0.717, 1.165) is 0 Å². The summed E-state index contributed by atoms with van der Waals surface area (Å²) in [6, 6.07) is -5.44. The highest BCUT2D eigenvalue weighted by Crippen LogP contribution is 2.07. The van der Waals surface area contributed by atoms with Crippen molar-refractivity contribution in [1.29, 1.82) is 0 Å². The topological polar surface area (TPSA) is 243 Å². The van der Waals surface area contributed by atoms with E-state index in [-0.39, 0.29) is 31.6 Å². The van der Waals surface area contributed by atoms with Crippen LogP contribution in [0.5, 0.6) is 0 Å². The van der Waals surface area contributed by atoms with Crippen molar-refractivity contribution in [1.82, 2.24) is 21.3 Å². The van der Waals surface area contributed by atoms with E-state index in [4.69, 9.17) is 16.6 Å². The molecule has 0 saturated heterocycles. The van der Waals surface area contributed by atoms with Gasteiger partial charge in [-0.25, -0.2) is 4.79 Å². The number of carbonyl (C=O) groups excluding carboxylic acids is 4. The van der Waals surface area contributed by atoms with Gasteiger partial charge in [-0.2, -0.15) is 0 Å². The van der Waals surface area contributed by atoms with Crippen molar-refractivity contribution in [2.75, 3.05) is 6.54 Å². The number of carbonyl (C=O) groups is 6. The molecule has 0 heterocycles. The minimum atomic E-state index is -1.20. The molecule has 10 N–H and O–H groups in total. The van der Waals surface area contributed by atoms with E-state index in [1.165, 1.54) is 13.8 Å². The van der Waals surface area contributed by atoms with Gasteiger partial charge < -0.3 is 42.9 Å². The summed E-state index contributed by atoms with van der Waals surface area (Å²) in [6.45, 7) is 6.83. The fourth-order valence-corrected chi connectivity index (χ4v) is 3.22. The van der Waals surface area contributed by atoms with Gasteiger partial charge >= 0.3 is 11.9 Å². The fraction of sp³-hybridized carbons (Fsp3) is 0.739. The summed E-state index contributed by atoms with van der Waals surface area (Å²) in [4.78, 5) is 72.2. The van der Waals surface area contributed by atoms with Gasteiger partial charge in [0.05, 0.1) is 6.04 Å². The summed E-state index contributed by atoms with van der Waals surface area (Å²) in [6.07, 6.45) is 1.12. The van der Waals surface area contributed by atoms with E-state index in [2.05, 4.69) is 21.3 Å². The van der Waals surface area contributed by atoms with E-state index in [9.17, 15) is 33.9 Å². The number of aliphatic carboxylic acids is 2. The molecule has 5 atom stereocenters. The molecule has 0 aromatic heterocycles. The van der Waals surface area contributed by atoms with Crippen LogP contribution in [0.2, 0.25) is 0 Å². The molecule has 0 saturated carbocycles. The number of amides is 4. The van der Waals surface area contributed by atoms with Crippen LogP contribution in [0.1, 0.15) is 66.2 Å². The second-order valence-electron chi connectivity index (χ2n) is 9.37. The molecule has 4 amide bonds. The van der Waals surface area contributed by atoms with Gasteiger partial charge in [0.1, 0.15) is 24.2 Å². The molecule has 0 bridgehead atoms. The molecule has 0 aliphatic heterocycles. The number of hydrogen-bond donors (Lipinski definition) is 8. The average molecular weight is 531 g/mol. The monoisotopic (exact) mass is 530 g/mol. The standard InChI is InChI=1S/C23H42N6O8/c1-12(2)11-17(29-20(33)13(3)26-21(34)15(25)8-9-18(30)31)22(35)27-14(4)19(32)28-16(23(36)37)7-5-6-10-24/h12-17H,5-11,24-25H2,1-4H3,(H,26,34)(H,27,35)(H,28,32)(H,29,33)(H,30,31)(H,36,37)/t13-,14-,15-,16-,17-/m0/s1. The lowest BCUT2D eigenvalue weighted by Gasteiger charge is -2.25. The van der Waals surface area contributed by atoms with Crippen LogP contribution >= 0.6 is 0 Å². The normalized spacial score (nSPS) is 15.0. The predicted octanol–water partition coefficient (Wildman–Crippen LogP) is -1.58. The molecule has 0 radical (unpaired) electrons. The first-order valence-electron chi connectivity index (χ1n) is 12.3. The second kappa shape index (κ2) is 17.2. The molecule has 0 rings (SSSR count). The summed E-state index contributed by atoms with van der Waals surface area (Å²) in [5.41, 5.74) is 11.1. The third kappa shape index (κ3) is 14.2. The van der Waals surface area contributed by atoms with Crippen LogP contribution in [-0.4, -0.2) is 82.5 Å². The third-order valence-corrected chi connectivity index (χ3v) is 5.41. The molecule has 0 aromatic carbocycles. The zero-order chi connectivity index (χ0) is 28.7. The largest absolute Gasteiger partial charge is 0.481 e. The lowest BCUT2D eigenvalue weighted by molar-refractivity contribution is -0.142. The Labute approximate surface area is 216 Å². The van der Waals surface area contributed by atoms with Crippen molar-refractivity contribution in [3.05, 3.63) is 0 Å². The minimum absolute atomic E-state index is 0.0199. The van der Waals surface area contributed by atoms with E-state index < -0.39 is 65.8 Å². The molecule has 0 spiro atoms. The predicted molar refractivity (Wildman–Crippen MR) is 134 cm³/mol. The minimum Gasteiger partial charge on any atom is -0.481 e. The number of rotatable bonds is 18. The Morgan fingerprint density at radius 2 is 1.22 bits per heavy atom. The van der Waals surface area contributed by atoms with E-state index >= 15 is 0 Å². The Hall–Kier alpha value is -3.26. The lowest BCUT2D eigenvalue weighted by Crippen LogP contribution is -2.57. The SMILES string of the molecule is CC(C)C[C@H](NC(=O)[C@H](C)NC(=O)[C@@H](N)CCC(=O)O)C(=O)N[C@@H](C)C(=O)N[C@@H](CCCCN)C(=O)O. The fourth-order valence-electron chi connectivity index (χ4n) is 3.22. The summed E-state index contributed by atoms with van der Waals surface area (Å²) >= 11 is 0. The lowest BCUT2D eigenvalue weighted by atomic mass is 10.0. The van der Waals surface area contributed by atoms with Gasteiger partial charge in [-0.1, -0.05) is 13.8 Å². The molecule has 14 heteroatoms. The van der Waals surface area contributed by atoms with Crippen molar-refractivity contribution in [3.8, 4) is 0 Å². The van der Waals surface area contributed by atoms with Crippen LogP contribution in [0.4, 0.5) is 0 Å². The van der Waals surface area contributed by atoms with Gasteiger partial charge in [0.2, 0.25) is 23.6 Å². The van der Waals surface area contributed by atoms with Crippen LogP contribution < -0.4 is 32.7 Å². The Kier molecular flexibility index (Phi) is 15.7. The summed E-state index contributed by atoms with van der Waals surface area (Å²) in [5, 5.41) is 27.8. The van der Waals surface area contributed by atoms with Gasteiger partial charge in [0, 0.05) is 6.42 Å². The highest BCUT2D eigenvalue weighted by Gasteiger charge is 2.29. The number of carboxylic acids is 2. The number of hydrogen-bond acceptors (Lipinski definition) is 8. The van der Waals surface area contributed by atoms with Gasteiger partial charge in [-0.3, -0.25) is 24.0 Å². The molecule has 37 heavy (non-hydrogen) atoms. The first-order valence-corrected chi connectivity index (χ1v) is 12.3. The maximum Gasteiger partial charge on any atom is 0.326 e. The van der Waals surface area contributed by atoms with Crippen LogP contribution in [0.3, 0.4) is 0 Å². The maximum atomic E-state index is 12.9. The Balaban J connectivity index is 5.10. The average Bonchev–Trinajstić information content (AvgIpc) is 2.80. The Bertz CT molecular complexity index is 806. The zero-order valence-corrected chi connectivity index (χ0v) is 21.9. The van der Waals surface area contributed by atoms with Crippen LogP contribution in [-0.2, 0) is 28.8 Å². The number of nitrogens with one attached hydrogen (secondary N) is 4. The van der Waals surface area contributed by atoms with Crippen LogP contribution in [0, 0.1) is 5.92 Å². The van der Waals surface area contributed by atoms with Gasteiger partial charge in [-0.15, -0.1) is 0 Å². The number of nitrogens with two attached hydrogens (primary N) is 2. The highest BCUT2D eigenvalue weighted by atomic mass is 16.4. The van der Waals surface area contributed by atoms with Gasteiger partial charge in [0.25, 0.3) is 0 Å². The van der Waals surface area contributed by atoms with Crippen molar-refractivity contribution >= 4 is 35.6 Å². The van der Waals surface area contributed by atoms with Crippen molar-refractivity contribution in [2.45, 2.75) is 96.4 Å². The van der Waals surface area contributed by atoms with E-state index in [1.54, 1.807) is 0 Å². The molecular formula is C23H42N6O8. The smallest absolute Gasteiger partial charge is 0.326 e. The molecule has 212 valence electrons. The molecule has 0 fully saturated rings. The second-order valence-corrected chi connectivity index (χ2v) is 9.37. The molecular weight excluding hydrogens is 488 g/mol. The quantitative estimate of drug-likeness (QED) is 0.0945. The molecule has 0 aliphatic rings. The third-order valence-electron chi connectivity index (χ3n) is 5.41. The number of unbranched alkanes of at least 4 members (excludes halogenated alkanes) is 1. The van der Waals surface area contributed by atoms with Crippen LogP contribution in [0.15, 0.2) is 0 Å². The van der Waals surface area contributed by atoms with E-state index in [0.29, 0.717) is 19.4 Å². The van der Waals surface area contributed by atoms with E-state index in [1.807, 2.05) is 13.8 Å². The Morgan fingerprint density at radius 3 is 1.68 bits per heavy atom. The zero-order valence-electron chi connectivity index (χ0n) is 21.9. The van der Waals surface area contributed by atoms with Gasteiger partial charge in [-0.05, 0) is 58.4 Å². The number of carboxylic acid groups (broad SMARTS) is 2. The molecule has 14 nitrogen and oxygen atoms in total. The first kappa shape index (κ1) is 33.7. The molecule has 0 unspecified atom stereocenters. The summed E-state index contributed by atoms with van der Waals surface area (Å²) in [7, 11) is 0. The van der Waals surface area contributed by atoms with Crippen molar-refractivity contribution in [3.63, 3.8) is 0 Å². The Morgan fingerprint density at radius 1 is 0.703 bits per heavy atom. The van der Waals surface area contributed by atoms with Gasteiger partial charge in [0.15, 0.2) is 0 Å². The molecule has 0 aliphatic carbocycles. The first-order chi connectivity index (χ1) is 17.2. The van der Waals surface area contributed by atoms with Crippen molar-refractivity contribution in [2.24, 2.45) is 17.4 Å². The molecule has 0 aromatic rings. The van der Waals surface area contributed by atoms with Crippen LogP contribution in [0.25, 0.3) is 0 Å². The summed E-state index contributed by atoms with van der Waals surface area (Å²) < 4.78 is 0. The maximum absolute atomic E-state index is 12.9. The summed E-state index contributed by atoms with van der Waals surface area (Å²) in [5.74, 6) is -5.07. The van der Waals surface area contributed by atoms with Crippen molar-refractivity contribution < 1.29 is 39.0 Å².